The highest BCUT2D eigenvalue weighted by Gasteiger charge is 2.19. The molecule has 2 rings (SSSR count). The van der Waals surface area contributed by atoms with E-state index in [1.807, 2.05) is 6.07 Å². The van der Waals surface area contributed by atoms with Crippen LogP contribution < -0.4 is 10.1 Å². The normalized spacial score (nSPS) is 18.8. The third-order valence-corrected chi connectivity index (χ3v) is 3.05. The Hall–Kier alpha value is -1.51. The van der Waals surface area contributed by atoms with Gasteiger partial charge in [0.2, 0.25) is 5.91 Å². The van der Waals surface area contributed by atoms with E-state index in [9.17, 15) is 4.79 Å². The molecule has 16 heavy (non-hydrogen) atoms. The van der Waals surface area contributed by atoms with Crippen molar-refractivity contribution in [2.24, 2.45) is 0 Å². The van der Waals surface area contributed by atoms with Crippen molar-refractivity contribution in [1.82, 2.24) is 5.32 Å². The number of hydrogen-bond donors (Lipinski definition) is 1. The molecule has 0 fully saturated rings. The fourth-order valence-electron chi connectivity index (χ4n) is 2.27. The van der Waals surface area contributed by atoms with Gasteiger partial charge in [-0.3, -0.25) is 4.79 Å². The molecule has 1 aliphatic carbocycles. The van der Waals surface area contributed by atoms with Gasteiger partial charge in [0.1, 0.15) is 5.75 Å². The number of carbonyl (C=O) groups excluding carboxylic acids is 1. The SMILES string of the molecule is COc1ccc2c(c1)CC[C@H](NC(C)=O)C2. The predicted molar refractivity (Wildman–Crippen MR) is 62.6 cm³/mol. The minimum Gasteiger partial charge on any atom is -0.497 e. The van der Waals surface area contributed by atoms with Gasteiger partial charge in [0.05, 0.1) is 7.11 Å². The van der Waals surface area contributed by atoms with E-state index in [4.69, 9.17) is 4.74 Å². The third-order valence-electron chi connectivity index (χ3n) is 3.05. The summed E-state index contributed by atoms with van der Waals surface area (Å²) < 4.78 is 5.20. The van der Waals surface area contributed by atoms with Gasteiger partial charge < -0.3 is 10.1 Å². The minimum atomic E-state index is 0.0574. The molecule has 1 aromatic rings. The molecule has 1 amide bonds. The van der Waals surface area contributed by atoms with Crippen molar-refractivity contribution in [3.63, 3.8) is 0 Å². The molecule has 0 unspecified atom stereocenters. The Morgan fingerprint density at radius 2 is 2.25 bits per heavy atom. The topological polar surface area (TPSA) is 38.3 Å². The summed E-state index contributed by atoms with van der Waals surface area (Å²) in [7, 11) is 1.69. The number of ether oxygens (including phenoxy) is 1. The molecule has 0 heterocycles. The van der Waals surface area contributed by atoms with Crippen molar-refractivity contribution < 1.29 is 9.53 Å². The van der Waals surface area contributed by atoms with Crippen LogP contribution in [0, 0.1) is 0 Å². The van der Waals surface area contributed by atoms with Gasteiger partial charge in [-0.05, 0) is 42.5 Å². The molecule has 1 aliphatic rings. The molecule has 1 atom stereocenters. The first-order valence-corrected chi connectivity index (χ1v) is 5.62. The standard InChI is InChI=1S/C13H17NO2/c1-9(15)14-12-5-3-11-8-13(16-2)6-4-10(11)7-12/h4,6,8,12H,3,5,7H2,1-2H3,(H,14,15)/t12-/m0/s1. The van der Waals surface area contributed by atoms with E-state index >= 15 is 0 Å². The number of nitrogens with one attached hydrogen (secondary N) is 1. The summed E-state index contributed by atoms with van der Waals surface area (Å²) in [5.74, 6) is 0.971. The second kappa shape index (κ2) is 4.56. The summed E-state index contributed by atoms with van der Waals surface area (Å²) in [6, 6.07) is 6.47. The Morgan fingerprint density at radius 3 is 2.94 bits per heavy atom. The number of aryl methyl sites for hydroxylation is 1. The molecule has 3 nitrogen and oxygen atoms in total. The average Bonchev–Trinajstić information content (AvgIpc) is 2.27. The molecule has 86 valence electrons. The maximum Gasteiger partial charge on any atom is 0.217 e. The molecule has 3 heteroatoms. The summed E-state index contributed by atoms with van der Waals surface area (Å²) in [6.45, 7) is 1.57. The Bertz CT molecular complexity index is 401. The summed E-state index contributed by atoms with van der Waals surface area (Å²) >= 11 is 0. The first-order chi connectivity index (χ1) is 7.69. The lowest BCUT2D eigenvalue weighted by atomic mass is 9.88. The van der Waals surface area contributed by atoms with Gasteiger partial charge in [0, 0.05) is 13.0 Å². The van der Waals surface area contributed by atoms with Gasteiger partial charge in [0.15, 0.2) is 0 Å². The monoisotopic (exact) mass is 219 g/mol. The lowest BCUT2D eigenvalue weighted by Crippen LogP contribution is -2.37. The van der Waals surface area contributed by atoms with E-state index in [-0.39, 0.29) is 5.91 Å². The highest BCUT2D eigenvalue weighted by atomic mass is 16.5. The number of benzene rings is 1. The molecule has 0 bridgehead atoms. The lowest BCUT2D eigenvalue weighted by molar-refractivity contribution is -0.119. The Kier molecular flexibility index (Phi) is 3.13. The minimum absolute atomic E-state index is 0.0574. The van der Waals surface area contributed by atoms with Crippen molar-refractivity contribution in [1.29, 1.82) is 0 Å². The Balaban J connectivity index is 2.12. The molecule has 1 aromatic carbocycles. The van der Waals surface area contributed by atoms with Crippen molar-refractivity contribution in [3.8, 4) is 5.75 Å². The van der Waals surface area contributed by atoms with Gasteiger partial charge >= 0.3 is 0 Å². The second-order valence-electron chi connectivity index (χ2n) is 4.27. The Morgan fingerprint density at radius 1 is 1.44 bits per heavy atom. The average molecular weight is 219 g/mol. The van der Waals surface area contributed by atoms with E-state index in [1.54, 1.807) is 14.0 Å². The lowest BCUT2D eigenvalue weighted by Gasteiger charge is -2.25. The fourth-order valence-corrected chi connectivity index (χ4v) is 2.27. The van der Waals surface area contributed by atoms with Crippen LogP contribution in [0.25, 0.3) is 0 Å². The fraction of sp³-hybridized carbons (Fsp3) is 0.462. The maximum absolute atomic E-state index is 11.0. The van der Waals surface area contributed by atoms with E-state index < -0.39 is 0 Å². The van der Waals surface area contributed by atoms with Crippen molar-refractivity contribution >= 4 is 5.91 Å². The first-order valence-electron chi connectivity index (χ1n) is 5.62. The number of fused-ring (bicyclic) bond motifs is 1. The molecule has 0 radical (unpaired) electrons. The zero-order valence-electron chi connectivity index (χ0n) is 9.75. The van der Waals surface area contributed by atoms with Crippen molar-refractivity contribution in [3.05, 3.63) is 29.3 Å². The summed E-state index contributed by atoms with van der Waals surface area (Å²) in [5, 5.41) is 2.98. The van der Waals surface area contributed by atoms with Crippen molar-refractivity contribution in [2.45, 2.75) is 32.2 Å². The van der Waals surface area contributed by atoms with Gasteiger partial charge in [-0.1, -0.05) is 6.07 Å². The van der Waals surface area contributed by atoms with Gasteiger partial charge in [-0.25, -0.2) is 0 Å². The van der Waals surface area contributed by atoms with Crippen LogP contribution in [0.4, 0.5) is 0 Å². The summed E-state index contributed by atoms with van der Waals surface area (Å²) in [4.78, 5) is 11.0. The highest BCUT2D eigenvalue weighted by molar-refractivity contribution is 5.73. The summed E-state index contributed by atoms with van der Waals surface area (Å²) in [5.41, 5.74) is 2.67. The van der Waals surface area contributed by atoms with Crippen LogP contribution in [0.3, 0.4) is 0 Å². The maximum atomic E-state index is 11.0. The van der Waals surface area contributed by atoms with Gasteiger partial charge in [0.25, 0.3) is 0 Å². The number of carbonyl (C=O) groups is 1. The van der Waals surface area contributed by atoms with Gasteiger partial charge in [-0.15, -0.1) is 0 Å². The highest BCUT2D eigenvalue weighted by Crippen LogP contribution is 2.25. The third kappa shape index (κ3) is 2.35. The van der Waals surface area contributed by atoms with Gasteiger partial charge in [-0.2, -0.15) is 0 Å². The largest absolute Gasteiger partial charge is 0.497 e. The molecular weight excluding hydrogens is 202 g/mol. The molecular formula is C13H17NO2. The second-order valence-corrected chi connectivity index (χ2v) is 4.27. The number of rotatable bonds is 2. The van der Waals surface area contributed by atoms with E-state index in [1.165, 1.54) is 11.1 Å². The molecule has 0 saturated heterocycles. The molecule has 0 aromatic heterocycles. The Labute approximate surface area is 95.8 Å². The van der Waals surface area contributed by atoms with Crippen LogP contribution in [-0.2, 0) is 17.6 Å². The van der Waals surface area contributed by atoms with E-state index in [0.717, 1.165) is 25.0 Å². The molecule has 0 aliphatic heterocycles. The zero-order chi connectivity index (χ0) is 11.5. The molecule has 0 saturated carbocycles. The number of amides is 1. The van der Waals surface area contributed by atoms with E-state index in [0.29, 0.717) is 6.04 Å². The zero-order valence-corrected chi connectivity index (χ0v) is 9.75. The first kappa shape index (κ1) is 11.0. The van der Waals surface area contributed by atoms with Crippen LogP contribution in [0.5, 0.6) is 5.75 Å². The molecule has 0 spiro atoms. The van der Waals surface area contributed by atoms with Crippen LogP contribution in [0.1, 0.15) is 24.5 Å². The van der Waals surface area contributed by atoms with Crippen LogP contribution >= 0.6 is 0 Å². The van der Waals surface area contributed by atoms with Crippen LogP contribution in [0.2, 0.25) is 0 Å². The number of hydrogen-bond acceptors (Lipinski definition) is 2. The van der Waals surface area contributed by atoms with Crippen LogP contribution in [-0.4, -0.2) is 19.1 Å². The van der Waals surface area contributed by atoms with Crippen molar-refractivity contribution in [2.75, 3.05) is 7.11 Å². The quantitative estimate of drug-likeness (QED) is 0.822. The van der Waals surface area contributed by atoms with E-state index in [2.05, 4.69) is 17.4 Å². The smallest absolute Gasteiger partial charge is 0.217 e. The summed E-state index contributed by atoms with van der Waals surface area (Å²) in [6.07, 6.45) is 2.95. The predicted octanol–water partition coefficient (Wildman–Crippen LogP) is 1.69. The number of methoxy groups -OCH3 is 1. The van der Waals surface area contributed by atoms with Crippen LogP contribution in [0.15, 0.2) is 18.2 Å². The molecule has 1 N–H and O–H groups in total.